The molecule has 0 saturated heterocycles. The lowest BCUT2D eigenvalue weighted by Gasteiger charge is -2.17. The first-order chi connectivity index (χ1) is 8.23. The predicted molar refractivity (Wildman–Crippen MR) is 74.2 cm³/mol. The Morgan fingerprint density at radius 2 is 2.00 bits per heavy atom. The summed E-state index contributed by atoms with van der Waals surface area (Å²) in [6.45, 7) is 6.37. The molecule has 0 bridgehead atoms. The van der Waals surface area contributed by atoms with Crippen LogP contribution in [-0.2, 0) is 9.09 Å². The summed E-state index contributed by atoms with van der Waals surface area (Å²) in [7, 11) is -2.73. The van der Waals surface area contributed by atoms with Crippen molar-refractivity contribution in [1.29, 1.82) is 0 Å². The summed E-state index contributed by atoms with van der Waals surface area (Å²) in [5.41, 5.74) is 0. The first-order valence-corrected chi connectivity index (χ1v) is 7.94. The third-order valence-electron chi connectivity index (χ3n) is 2.57. The van der Waals surface area contributed by atoms with E-state index in [0.717, 1.165) is 24.6 Å². The molecule has 0 amide bonds. The molecule has 0 aliphatic carbocycles. The van der Waals surface area contributed by atoms with Crippen LogP contribution in [0, 0.1) is 0 Å². The molecule has 0 heterocycles. The van der Waals surface area contributed by atoms with Crippen LogP contribution in [0.4, 0.5) is 0 Å². The maximum atomic E-state index is 12.7. The minimum absolute atomic E-state index is 0.406. The number of benzene rings is 1. The van der Waals surface area contributed by atoms with Crippen LogP contribution in [0.3, 0.4) is 0 Å². The van der Waals surface area contributed by atoms with Gasteiger partial charge in [0.25, 0.3) is 0 Å². The summed E-state index contributed by atoms with van der Waals surface area (Å²) in [6.07, 6.45) is 5.30. The van der Waals surface area contributed by atoms with E-state index in [9.17, 15) is 4.57 Å². The summed E-state index contributed by atoms with van der Waals surface area (Å²) >= 11 is 0. The van der Waals surface area contributed by atoms with Crippen molar-refractivity contribution in [3.63, 3.8) is 0 Å². The van der Waals surface area contributed by atoms with Crippen LogP contribution < -0.4 is 5.30 Å². The molecule has 3 heteroatoms. The summed E-state index contributed by atoms with van der Waals surface area (Å²) in [5.74, 6) is 0. The maximum absolute atomic E-state index is 12.7. The lowest BCUT2D eigenvalue weighted by molar-refractivity contribution is 0.311. The van der Waals surface area contributed by atoms with E-state index in [0.29, 0.717) is 12.8 Å². The van der Waals surface area contributed by atoms with Gasteiger partial charge in [-0.15, -0.1) is 6.58 Å². The van der Waals surface area contributed by atoms with Crippen molar-refractivity contribution in [1.82, 2.24) is 0 Å². The Hall–Kier alpha value is -0.850. The molecule has 0 spiro atoms. The molecule has 94 valence electrons. The first-order valence-electron chi connectivity index (χ1n) is 6.13. The van der Waals surface area contributed by atoms with Gasteiger partial charge in [-0.25, -0.2) is 0 Å². The molecule has 1 unspecified atom stereocenters. The van der Waals surface area contributed by atoms with Crippen molar-refractivity contribution in [2.45, 2.75) is 26.2 Å². The maximum Gasteiger partial charge on any atom is 0.235 e. The van der Waals surface area contributed by atoms with E-state index in [1.165, 1.54) is 0 Å². The Labute approximate surface area is 104 Å². The monoisotopic (exact) mass is 252 g/mol. The fraction of sp³-hybridized carbons (Fsp3) is 0.429. The predicted octanol–water partition coefficient (Wildman–Crippen LogP) is 3.98. The van der Waals surface area contributed by atoms with Gasteiger partial charge in [-0.2, -0.15) is 0 Å². The average molecular weight is 252 g/mol. The quantitative estimate of drug-likeness (QED) is 0.397. The van der Waals surface area contributed by atoms with E-state index in [1.54, 1.807) is 6.08 Å². The molecule has 0 aliphatic rings. The molecule has 1 aromatic rings. The Morgan fingerprint density at radius 3 is 2.59 bits per heavy atom. The smallest absolute Gasteiger partial charge is 0.235 e. The van der Waals surface area contributed by atoms with Crippen LogP contribution in [-0.4, -0.2) is 12.8 Å². The second-order valence-electron chi connectivity index (χ2n) is 4.02. The Balaban J connectivity index is 2.69. The summed E-state index contributed by atoms with van der Waals surface area (Å²) in [4.78, 5) is 0. The molecule has 1 aromatic carbocycles. The van der Waals surface area contributed by atoms with Gasteiger partial charge in [0.15, 0.2) is 0 Å². The van der Waals surface area contributed by atoms with Crippen molar-refractivity contribution >= 4 is 12.7 Å². The molecule has 0 aliphatic heterocycles. The molecular weight excluding hydrogens is 231 g/mol. The topological polar surface area (TPSA) is 26.3 Å². The molecule has 0 fully saturated rings. The Bertz CT molecular complexity index is 373. The minimum Gasteiger partial charge on any atom is -0.325 e. The van der Waals surface area contributed by atoms with Crippen LogP contribution in [0.1, 0.15) is 26.2 Å². The fourth-order valence-corrected chi connectivity index (χ4v) is 3.48. The van der Waals surface area contributed by atoms with Crippen LogP contribution in [0.15, 0.2) is 43.0 Å². The van der Waals surface area contributed by atoms with Crippen LogP contribution in [0.5, 0.6) is 0 Å². The SMILES string of the molecule is C=CCP(=O)(OCCCCC)c1ccccc1. The zero-order chi connectivity index (χ0) is 12.6. The Morgan fingerprint density at radius 1 is 1.29 bits per heavy atom. The average Bonchev–Trinajstić information content (AvgIpc) is 2.36. The van der Waals surface area contributed by atoms with E-state index < -0.39 is 7.37 Å². The second kappa shape index (κ2) is 7.47. The molecule has 0 radical (unpaired) electrons. The van der Waals surface area contributed by atoms with Gasteiger partial charge in [0, 0.05) is 11.5 Å². The molecule has 0 saturated carbocycles. The van der Waals surface area contributed by atoms with Gasteiger partial charge < -0.3 is 4.52 Å². The molecule has 1 atom stereocenters. The standard InChI is InChI=1S/C14H21O2P/c1-3-5-9-12-16-17(15,13-4-2)14-10-7-6-8-11-14/h4,6-8,10-11H,2-3,5,9,12-13H2,1H3. The number of allylic oxidation sites excluding steroid dienone is 1. The van der Waals surface area contributed by atoms with Gasteiger partial charge in [-0.3, -0.25) is 4.57 Å². The lowest BCUT2D eigenvalue weighted by Crippen LogP contribution is -2.10. The number of hydrogen-bond donors (Lipinski definition) is 0. The van der Waals surface area contributed by atoms with Crippen molar-refractivity contribution in [2.24, 2.45) is 0 Å². The number of rotatable bonds is 8. The summed E-state index contributed by atoms with van der Waals surface area (Å²) in [5, 5.41) is 0.788. The molecule has 0 aromatic heterocycles. The van der Waals surface area contributed by atoms with Crippen LogP contribution in [0.25, 0.3) is 0 Å². The number of hydrogen-bond acceptors (Lipinski definition) is 2. The lowest BCUT2D eigenvalue weighted by atomic mass is 10.3. The molecule has 0 N–H and O–H groups in total. The normalized spacial score (nSPS) is 14.2. The van der Waals surface area contributed by atoms with Crippen molar-refractivity contribution in [2.75, 3.05) is 12.8 Å². The second-order valence-corrected chi connectivity index (χ2v) is 6.51. The van der Waals surface area contributed by atoms with Gasteiger partial charge in [-0.1, -0.05) is 44.0 Å². The molecular formula is C14H21O2P. The van der Waals surface area contributed by atoms with Gasteiger partial charge in [0.1, 0.15) is 0 Å². The fourth-order valence-electron chi connectivity index (χ4n) is 1.62. The summed E-state index contributed by atoms with van der Waals surface area (Å²) in [6, 6.07) is 9.42. The highest BCUT2D eigenvalue weighted by Crippen LogP contribution is 2.45. The molecule has 1 rings (SSSR count). The third kappa shape index (κ3) is 4.49. The van der Waals surface area contributed by atoms with E-state index in [4.69, 9.17) is 4.52 Å². The van der Waals surface area contributed by atoms with Crippen LogP contribution in [0.2, 0.25) is 0 Å². The van der Waals surface area contributed by atoms with Gasteiger partial charge >= 0.3 is 0 Å². The zero-order valence-electron chi connectivity index (χ0n) is 10.5. The summed E-state index contributed by atoms with van der Waals surface area (Å²) < 4.78 is 18.3. The molecule has 17 heavy (non-hydrogen) atoms. The highest BCUT2D eigenvalue weighted by Gasteiger charge is 2.23. The van der Waals surface area contributed by atoms with Gasteiger partial charge in [0.05, 0.1) is 6.61 Å². The Kier molecular flexibility index (Phi) is 6.25. The third-order valence-corrected chi connectivity index (χ3v) is 4.99. The van der Waals surface area contributed by atoms with Crippen molar-refractivity contribution < 1.29 is 9.09 Å². The van der Waals surface area contributed by atoms with E-state index in [1.807, 2.05) is 30.3 Å². The van der Waals surface area contributed by atoms with Crippen LogP contribution >= 0.6 is 7.37 Å². The van der Waals surface area contributed by atoms with Crippen molar-refractivity contribution in [3.05, 3.63) is 43.0 Å². The zero-order valence-corrected chi connectivity index (χ0v) is 11.4. The minimum atomic E-state index is -2.73. The highest BCUT2D eigenvalue weighted by molar-refractivity contribution is 7.67. The van der Waals surface area contributed by atoms with Gasteiger partial charge in [0.2, 0.25) is 7.37 Å². The largest absolute Gasteiger partial charge is 0.325 e. The highest BCUT2D eigenvalue weighted by atomic mass is 31.2. The van der Waals surface area contributed by atoms with Crippen molar-refractivity contribution in [3.8, 4) is 0 Å². The molecule has 2 nitrogen and oxygen atoms in total. The number of unbranched alkanes of at least 4 members (excludes halogenated alkanes) is 2. The van der Waals surface area contributed by atoms with Gasteiger partial charge in [-0.05, 0) is 18.6 Å². The van der Waals surface area contributed by atoms with E-state index in [-0.39, 0.29) is 0 Å². The first kappa shape index (κ1) is 14.2. The van der Waals surface area contributed by atoms with E-state index >= 15 is 0 Å². The van der Waals surface area contributed by atoms with E-state index in [2.05, 4.69) is 13.5 Å².